The van der Waals surface area contributed by atoms with Crippen LogP contribution in [0.4, 0.5) is 5.82 Å². The Morgan fingerprint density at radius 3 is 2.41 bits per heavy atom. The average molecular weight is 359 g/mol. The van der Waals surface area contributed by atoms with Gasteiger partial charge < -0.3 is 14.8 Å². The average Bonchev–Trinajstić information content (AvgIpc) is 2.72. The van der Waals surface area contributed by atoms with E-state index in [0.717, 1.165) is 10.8 Å². The lowest BCUT2D eigenvalue weighted by Crippen LogP contribution is -2.09. The maximum absolute atomic E-state index is 5.45. The summed E-state index contributed by atoms with van der Waals surface area (Å²) in [7, 11) is 3.25. The largest absolute Gasteiger partial charge is 0.493 e. The summed E-state index contributed by atoms with van der Waals surface area (Å²) >= 11 is 0. The van der Waals surface area contributed by atoms with Gasteiger partial charge in [0, 0.05) is 10.8 Å². The Hall–Kier alpha value is -3.34. The lowest BCUT2D eigenvalue weighted by Gasteiger charge is -2.18. The first-order valence-electron chi connectivity index (χ1n) is 8.83. The van der Waals surface area contributed by atoms with Gasteiger partial charge in [0.25, 0.3) is 0 Å². The monoisotopic (exact) mass is 359 g/mol. The number of hydrogen-bond acceptors (Lipinski definition) is 5. The molecule has 0 aliphatic heterocycles. The normalized spacial score (nSPS) is 12.1. The Kier molecular flexibility index (Phi) is 4.50. The Morgan fingerprint density at radius 1 is 0.852 bits per heavy atom. The number of hydrogen-bond donors (Lipinski definition) is 1. The molecule has 0 amide bonds. The quantitative estimate of drug-likeness (QED) is 0.545. The number of fused-ring (bicyclic) bond motifs is 2. The molecule has 0 bridgehead atoms. The highest BCUT2D eigenvalue weighted by Gasteiger charge is 2.14. The summed E-state index contributed by atoms with van der Waals surface area (Å²) in [5.74, 6) is 2.05. The van der Waals surface area contributed by atoms with Gasteiger partial charge in [-0.3, -0.25) is 0 Å². The van der Waals surface area contributed by atoms with E-state index < -0.39 is 0 Å². The second kappa shape index (κ2) is 7.11. The zero-order valence-electron chi connectivity index (χ0n) is 15.6. The summed E-state index contributed by atoms with van der Waals surface area (Å²) < 4.78 is 10.8. The van der Waals surface area contributed by atoms with Crippen molar-refractivity contribution in [1.82, 2.24) is 10.2 Å². The molecular weight excluding hydrogens is 338 g/mol. The standard InChI is InChI=1S/C22H21N3O2/c1-14(17-10-6-8-15-7-4-5-9-18(15)17)24-22-19-12-21(27-3)20(26-2)11-16(19)13-23-25-22/h4-14H,1-3H3,(H,24,25)/t14-/m1/s1. The highest BCUT2D eigenvalue weighted by Crippen LogP contribution is 2.35. The van der Waals surface area contributed by atoms with E-state index in [0.29, 0.717) is 17.3 Å². The molecule has 1 heterocycles. The zero-order valence-corrected chi connectivity index (χ0v) is 15.6. The number of methoxy groups -OCH3 is 2. The van der Waals surface area contributed by atoms with Crippen molar-refractivity contribution in [1.29, 1.82) is 0 Å². The van der Waals surface area contributed by atoms with Crippen LogP contribution in [0.2, 0.25) is 0 Å². The molecule has 1 N–H and O–H groups in total. The van der Waals surface area contributed by atoms with E-state index in [-0.39, 0.29) is 6.04 Å². The van der Waals surface area contributed by atoms with Gasteiger partial charge in [-0.2, -0.15) is 5.10 Å². The third-order valence-corrected chi connectivity index (χ3v) is 4.81. The van der Waals surface area contributed by atoms with Crippen molar-refractivity contribution in [3.8, 4) is 11.5 Å². The van der Waals surface area contributed by atoms with Crippen molar-refractivity contribution >= 4 is 27.4 Å². The molecule has 0 fully saturated rings. The van der Waals surface area contributed by atoms with Gasteiger partial charge in [0.2, 0.25) is 0 Å². The maximum Gasteiger partial charge on any atom is 0.161 e. The van der Waals surface area contributed by atoms with E-state index in [1.165, 1.54) is 16.3 Å². The highest BCUT2D eigenvalue weighted by atomic mass is 16.5. The van der Waals surface area contributed by atoms with E-state index >= 15 is 0 Å². The van der Waals surface area contributed by atoms with Crippen LogP contribution < -0.4 is 14.8 Å². The lowest BCUT2D eigenvalue weighted by molar-refractivity contribution is 0.356. The number of ether oxygens (including phenoxy) is 2. The van der Waals surface area contributed by atoms with Gasteiger partial charge in [0.15, 0.2) is 17.3 Å². The van der Waals surface area contributed by atoms with E-state index in [1.54, 1.807) is 20.4 Å². The number of aromatic nitrogens is 2. The van der Waals surface area contributed by atoms with Crippen molar-refractivity contribution in [3.63, 3.8) is 0 Å². The predicted molar refractivity (Wildman–Crippen MR) is 109 cm³/mol. The summed E-state index contributed by atoms with van der Waals surface area (Å²) in [5.41, 5.74) is 1.22. The van der Waals surface area contributed by atoms with E-state index in [1.807, 2.05) is 12.1 Å². The predicted octanol–water partition coefficient (Wildman–Crippen LogP) is 4.97. The molecular formula is C22H21N3O2. The summed E-state index contributed by atoms with van der Waals surface area (Å²) in [4.78, 5) is 0. The molecule has 4 rings (SSSR count). The van der Waals surface area contributed by atoms with E-state index in [2.05, 4.69) is 64.9 Å². The smallest absolute Gasteiger partial charge is 0.161 e. The fourth-order valence-corrected chi connectivity index (χ4v) is 3.43. The third-order valence-electron chi connectivity index (χ3n) is 4.81. The molecule has 5 nitrogen and oxygen atoms in total. The van der Waals surface area contributed by atoms with Crippen LogP contribution >= 0.6 is 0 Å². The topological polar surface area (TPSA) is 56.3 Å². The van der Waals surface area contributed by atoms with E-state index in [9.17, 15) is 0 Å². The Labute approximate surface area is 157 Å². The Morgan fingerprint density at radius 2 is 1.59 bits per heavy atom. The van der Waals surface area contributed by atoms with Gasteiger partial charge >= 0.3 is 0 Å². The fourth-order valence-electron chi connectivity index (χ4n) is 3.43. The second-order valence-corrected chi connectivity index (χ2v) is 6.42. The molecule has 0 aliphatic carbocycles. The fraction of sp³-hybridized carbons (Fsp3) is 0.182. The summed E-state index contributed by atoms with van der Waals surface area (Å²) in [5, 5.41) is 16.3. The molecule has 0 radical (unpaired) electrons. The first-order valence-corrected chi connectivity index (χ1v) is 8.83. The number of rotatable bonds is 5. The first kappa shape index (κ1) is 17.1. The molecule has 0 aliphatic rings. The first-order chi connectivity index (χ1) is 13.2. The summed E-state index contributed by atoms with van der Waals surface area (Å²) in [6.45, 7) is 2.13. The van der Waals surface area contributed by atoms with Gasteiger partial charge in [-0.25, -0.2) is 0 Å². The van der Waals surface area contributed by atoms with Crippen molar-refractivity contribution in [2.45, 2.75) is 13.0 Å². The number of nitrogens with zero attached hydrogens (tertiary/aromatic N) is 2. The minimum Gasteiger partial charge on any atom is -0.493 e. The molecule has 0 spiro atoms. The van der Waals surface area contributed by atoms with Crippen molar-refractivity contribution in [2.75, 3.05) is 19.5 Å². The van der Waals surface area contributed by atoms with Crippen LogP contribution in [0.3, 0.4) is 0 Å². The molecule has 27 heavy (non-hydrogen) atoms. The van der Waals surface area contributed by atoms with Crippen molar-refractivity contribution in [2.24, 2.45) is 0 Å². The molecule has 0 unspecified atom stereocenters. The summed E-state index contributed by atoms with van der Waals surface area (Å²) in [6, 6.07) is 18.6. The minimum absolute atomic E-state index is 0.0593. The van der Waals surface area contributed by atoms with Crippen LogP contribution in [-0.4, -0.2) is 24.4 Å². The molecule has 0 saturated heterocycles. The van der Waals surface area contributed by atoms with Crippen LogP contribution in [0.25, 0.3) is 21.5 Å². The van der Waals surface area contributed by atoms with Gasteiger partial charge in [-0.1, -0.05) is 42.5 Å². The Bertz CT molecular complexity index is 1110. The minimum atomic E-state index is 0.0593. The summed E-state index contributed by atoms with van der Waals surface area (Å²) in [6.07, 6.45) is 1.73. The molecule has 4 aromatic rings. The van der Waals surface area contributed by atoms with Gasteiger partial charge in [-0.05, 0) is 35.4 Å². The molecule has 5 heteroatoms. The van der Waals surface area contributed by atoms with Crippen LogP contribution in [0.1, 0.15) is 18.5 Å². The van der Waals surface area contributed by atoms with Crippen LogP contribution in [-0.2, 0) is 0 Å². The van der Waals surface area contributed by atoms with Gasteiger partial charge in [-0.15, -0.1) is 5.10 Å². The molecule has 1 atom stereocenters. The van der Waals surface area contributed by atoms with Crippen LogP contribution in [0.15, 0.2) is 60.8 Å². The highest BCUT2D eigenvalue weighted by molar-refractivity contribution is 5.94. The van der Waals surface area contributed by atoms with Gasteiger partial charge in [0.1, 0.15) is 0 Å². The second-order valence-electron chi connectivity index (χ2n) is 6.42. The Balaban J connectivity index is 1.76. The third kappa shape index (κ3) is 3.12. The van der Waals surface area contributed by atoms with Crippen LogP contribution in [0, 0.1) is 0 Å². The van der Waals surface area contributed by atoms with Crippen molar-refractivity contribution in [3.05, 3.63) is 66.4 Å². The number of nitrogens with one attached hydrogen (secondary N) is 1. The number of benzene rings is 3. The maximum atomic E-state index is 5.45. The van der Waals surface area contributed by atoms with Crippen molar-refractivity contribution < 1.29 is 9.47 Å². The van der Waals surface area contributed by atoms with Crippen LogP contribution in [0.5, 0.6) is 11.5 Å². The molecule has 136 valence electrons. The van der Waals surface area contributed by atoms with Gasteiger partial charge in [0.05, 0.1) is 26.5 Å². The SMILES string of the molecule is COc1cc2cnnc(N[C@H](C)c3cccc4ccccc34)c2cc1OC. The van der Waals surface area contributed by atoms with E-state index in [4.69, 9.17) is 9.47 Å². The molecule has 3 aromatic carbocycles. The molecule has 0 saturated carbocycles. The molecule has 1 aromatic heterocycles. The zero-order chi connectivity index (χ0) is 18.8. The lowest BCUT2D eigenvalue weighted by atomic mass is 9.99. The number of anilines is 1.